The number of fused-ring (bicyclic) bond motifs is 1. The number of carbonyl (C=O) groups excluding carboxylic acids is 1. The molecule has 0 radical (unpaired) electrons. The second kappa shape index (κ2) is 7.84. The van der Waals surface area contributed by atoms with E-state index in [4.69, 9.17) is 12.2 Å². The van der Waals surface area contributed by atoms with Gasteiger partial charge in [0.2, 0.25) is 5.91 Å². The summed E-state index contributed by atoms with van der Waals surface area (Å²) in [4.78, 5) is 15.5. The maximum atomic E-state index is 13.4. The number of aromatic nitrogens is 3. The van der Waals surface area contributed by atoms with Gasteiger partial charge in [-0.05, 0) is 56.0 Å². The Hall–Kier alpha value is -2.73. The van der Waals surface area contributed by atoms with Crippen molar-refractivity contribution in [3.63, 3.8) is 0 Å². The van der Waals surface area contributed by atoms with Gasteiger partial charge in [0.05, 0.1) is 6.04 Å². The molecule has 5 rings (SSSR count). The van der Waals surface area contributed by atoms with Crippen LogP contribution in [0.25, 0.3) is 11.4 Å². The van der Waals surface area contributed by atoms with Crippen LogP contribution in [-0.4, -0.2) is 31.6 Å². The molecule has 5 nitrogen and oxygen atoms in total. The molecule has 1 fully saturated rings. The largest absolute Gasteiger partial charge is 0.333 e. The summed E-state index contributed by atoms with van der Waals surface area (Å²) < 4.78 is 2.51. The Morgan fingerprint density at radius 3 is 2.70 bits per heavy atom. The molecule has 1 atom stereocenters. The summed E-state index contributed by atoms with van der Waals surface area (Å²) in [5, 5.41) is 7.31. The third kappa shape index (κ3) is 3.60. The summed E-state index contributed by atoms with van der Waals surface area (Å²) >= 11 is 5.46. The van der Waals surface area contributed by atoms with E-state index in [0.29, 0.717) is 23.8 Å². The van der Waals surface area contributed by atoms with Crippen molar-refractivity contribution < 1.29 is 4.79 Å². The Bertz CT molecular complexity index is 1130. The molecule has 0 aliphatic heterocycles. The minimum Gasteiger partial charge on any atom is -0.333 e. The molecule has 1 aromatic heterocycles. The Balaban J connectivity index is 1.35. The number of carbonyl (C=O) groups is 1. The number of rotatable bonds is 6. The number of H-pyrrole nitrogens is 1. The summed E-state index contributed by atoms with van der Waals surface area (Å²) in [6.07, 6.45) is 4.75. The quantitative estimate of drug-likeness (QED) is 0.574. The van der Waals surface area contributed by atoms with Crippen molar-refractivity contribution in [1.82, 2.24) is 19.7 Å². The summed E-state index contributed by atoms with van der Waals surface area (Å²) in [5.41, 5.74) is 4.92. The van der Waals surface area contributed by atoms with E-state index < -0.39 is 0 Å². The first-order valence-corrected chi connectivity index (χ1v) is 11.1. The van der Waals surface area contributed by atoms with Crippen LogP contribution in [0, 0.1) is 11.7 Å². The lowest BCUT2D eigenvalue weighted by atomic mass is 10.1. The minimum atomic E-state index is 0.218. The van der Waals surface area contributed by atoms with Crippen LogP contribution in [0.5, 0.6) is 0 Å². The minimum absolute atomic E-state index is 0.218. The fourth-order valence-corrected chi connectivity index (χ4v) is 4.82. The lowest BCUT2D eigenvalue weighted by Crippen LogP contribution is -2.36. The monoisotopic (exact) mass is 418 g/mol. The molecule has 154 valence electrons. The van der Waals surface area contributed by atoms with Gasteiger partial charge in [0, 0.05) is 24.6 Å². The lowest BCUT2D eigenvalue weighted by molar-refractivity contribution is -0.134. The van der Waals surface area contributed by atoms with Crippen molar-refractivity contribution in [3.8, 4) is 11.4 Å². The summed E-state index contributed by atoms with van der Waals surface area (Å²) in [6.45, 7) is 2.60. The zero-order valence-corrected chi connectivity index (χ0v) is 18.0. The molecular formula is C24H26N4OS. The van der Waals surface area contributed by atoms with Crippen LogP contribution in [-0.2, 0) is 17.8 Å². The molecular weight excluding hydrogens is 392 g/mol. The van der Waals surface area contributed by atoms with Gasteiger partial charge in [-0.15, -0.1) is 0 Å². The van der Waals surface area contributed by atoms with E-state index in [0.717, 1.165) is 37.1 Å². The molecule has 2 aliphatic carbocycles. The molecule has 3 aromatic rings. The molecule has 1 N–H and O–H groups in total. The molecule has 2 aromatic carbocycles. The zero-order valence-electron chi connectivity index (χ0n) is 17.2. The molecule has 1 unspecified atom stereocenters. The van der Waals surface area contributed by atoms with Gasteiger partial charge < -0.3 is 4.90 Å². The second-order valence-electron chi connectivity index (χ2n) is 8.41. The molecule has 30 heavy (non-hydrogen) atoms. The first-order chi connectivity index (χ1) is 14.6. The molecule has 0 spiro atoms. The number of amides is 1. The smallest absolute Gasteiger partial charge is 0.225 e. The maximum absolute atomic E-state index is 13.4. The molecule has 6 heteroatoms. The van der Waals surface area contributed by atoms with Gasteiger partial charge in [-0.1, -0.05) is 54.1 Å². The Morgan fingerprint density at radius 2 is 1.93 bits per heavy atom. The van der Waals surface area contributed by atoms with Crippen LogP contribution < -0.4 is 0 Å². The summed E-state index contributed by atoms with van der Waals surface area (Å²) in [7, 11) is 0. The third-order valence-electron chi connectivity index (χ3n) is 6.28. The van der Waals surface area contributed by atoms with Crippen molar-refractivity contribution in [2.45, 2.75) is 57.7 Å². The number of benzene rings is 2. The number of aryl methyl sites for hydroxylation is 2. The number of hydrogen-bond acceptors (Lipinski definition) is 3. The van der Waals surface area contributed by atoms with Crippen LogP contribution in [0.4, 0.5) is 0 Å². The third-order valence-corrected chi connectivity index (χ3v) is 6.59. The van der Waals surface area contributed by atoms with E-state index in [-0.39, 0.29) is 11.9 Å². The topological polar surface area (TPSA) is 53.9 Å². The molecule has 2 aliphatic rings. The number of aromatic amines is 1. The van der Waals surface area contributed by atoms with Crippen LogP contribution in [0.1, 0.15) is 48.4 Å². The highest BCUT2D eigenvalue weighted by Crippen LogP contribution is 2.42. The molecule has 1 heterocycles. The maximum Gasteiger partial charge on any atom is 0.225 e. The number of nitrogens with zero attached hydrogens (tertiary/aromatic N) is 3. The van der Waals surface area contributed by atoms with Gasteiger partial charge in [-0.2, -0.15) is 5.10 Å². The highest BCUT2D eigenvalue weighted by atomic mass is 32.1. The zero-order chi connectivity index (χ0) is 20.7. The average molecular weight is 419 g/mol. The van der Waals surface area contributed by atoms with E-state index >= 15 is 0 Å². The first kappa shape index (κ1) is 19.2. The van der Waals surface area contributed by atoms with E-state index in [1.54, 1.807) is 0 Å². The van der Waals surface area contributed by atoms with Gasteiger partial charge in [0.15, 0.2) is 10.6 Å². The van der Waals surface area contributed by atoms with E-state index in [9.17, 15) is 4.79 Å². The van der Waals surface area contributed by atoms with Gasteiger partial charge in [0.25, 0.3) is 0 Å². The molecule has 1 amide bonds. The molecule has 1 saturated carbocycles. The average Bonchev–Trinajstić information content (AvgIpc) is 3.39. The summed E-state index contributed by atoms with van der Waals surface area (Å²) in [5.74, 6) is 1.01. The van der Waals surface area contributed by atoms with Crippen molar-refractivity contribution in [2.75, 3.05) is 0 Å². The normalized spacial score (nSPS) is 17.7. The van der Waals surface area contributed by atoms with Gasteiger partial charge in [0.1, 0.15) is 0 Å². The Morgan fingerprint density at radius 1 is 1.17 bits per heavy atom. The van der Waals surface area contributed by atoms with E-state index in [1.165, 1.54) is 16.7 Å². The first-order valence-electron chi connectivity index (χ1n) is 10.7. The number of hydrogen-bond donors (Lipinski definition) is 1. The van der Waals surface area contributed by atoms with Gasteiger partial charge >= 0.3 is 0 Å². The SMILES string of the molecule is Cc1ccc(-c2n[nH]c(=S)n2CCC(=O)N(C2CC2)C2CCc3ccccc32)cc1. The van der Waals surface area contributed by atoms with E-state index in [1.807, 2.05) is 16.7 Å². The highest BCUT2D eigenvalue weighted by molar-refractivity contribution is 7.71. The lowest BCUT2D eigenvalue weighted by Gasteiger charge is -2.30. The van der Waals surface area contributed by atoms with Gasteiger partial charge in [-0.3, -0.25) is 14.5 Å². The predicted octanol–water partition coefficient (Wildman–Crippen LogP) is 4.98. The fourth-order valence-electron chi connectivity index (χ4n) is 4.59. The Kier molecular flexibility index (Phi) is 5.03. The highest BCUT2D eigenvalue weighted by Gasteiger charge is 2.40. The standard InChI is InChI=1S/C24H26N4OS/c1-16-6-8-18(9-7-16)23-25-26-24(30)27(23)15-14-22(29)28(19-11-12-19)21-13-10-17-4-2-3-5-20(17)21/h2-9,19,21H,10-15H2,1H3,(H,26,30). The molecule has 0 bridgehead atoms. The van der Waals surface area contributed by atoms with E-state index in [2.05, 4.69) is 58.4 Å². The van der Waals surface area contributed by atoms with Crippen LogP contribution in [0.3, 0.4) is 0 Å². The van der Waals surface area contributed by atoms with Crippen molar-refractivity contribution in [3.05, 3.63) is 70.0 Å². The number of nitrogens with one attached hydrogen (secondary N) is 1. The second-order valence-corrected chi connectivity index (χ2v) is 8.79. The van der Waals surface area contributed by atoms with Gasteiger partial charge in [-0.25, -0.2) is 0 Å². The van der Waals surface area contributed by atoms with Crippen LogP contribution in [0.15, 0.2) is 48.5 Å². The van der Waals surface area contributed by atoms with Crippen molar-refractivity contribution in [1.29, 1.82) is 0 Å². The van der Waals surface area contributed by atoms with Crippen molar-refractivity contribution in [2.24, 2.45) is 0 Å². The van der Waals surface area contributed by atoms with Crippen LogP contribution in [0.2, 0.25) is 0 Å². The Labute approximate surface area is 181 Å². The fraction of sp³-hybridized carbons (Fsp3) is 0.375. The summed E-state index contributed by atoms with van der Waals surface area (Å²) in [6, 6.07) is 17.4. The van der Waals surface area contributed by atoms with Crippen molar-refractivity contribution >= 4 is 18.1 Å². The predicted molar refractivity (Wildman–Crippen MR) is 120 cm³/mol. The van der Waals surface area contributed by atoms with Crippen LogP contribution >= 0.6 is 12.2 Å². The molecule has 0 saturated heterocycles.